The highest BCUT2D eigenvalue weighted by molar-refractivity contribution is 5.96. The maximum atomic E-state index is 11.8. The van der Waals surface area contributed by atoms with Gasteiger partial charge < -0.3 is 9.84 Å². The molecular weight excluding hydrogens is 260 g/mol. The molecule has 5 heteroatoms. The van der Waals surface area contributed by atoms with Crippen LogP contribution in [0.2, 0.25) is 0 Å². The summed E-state index contributed by atoms with van der Waals surface area (Å²) in [4.78, 5) is 33.5. The maximum absolute atomic E-state index is 11.8. The molecule has 5 nitrogen and oxygen atoms in total. The third-order valence-electron chi connectivity index (χ3n) is 2.47. The molecule has 0 aliphatic rings. The second-order valence-electron chi connectivity index (χ2n) is 4.19. The Morgan fingerprint density at radius 1 is 1.30 bits per heavy atom. The second-order valence-corrected chi connectivity index (χ2v) is 4.19. The number of esters is 1. The molecule has 0 saturated heterocycles. The van der Waals surface area contributed by atoms with Crippen LogP contribution >= 0.6 is 0 Å². The molecule has 0 saturated carbocycles. The molecule has 0 atom stereocenters. The number of ether oxygens (including phenoxy) is 1. The zero-order chi connectivity index (χ0) is 15.1. The largest absolute Gasteiger partial charge is 0.478 e. The summed E-state index contributed by atoms with van der Waals surface area (Å²) in [6.45, 7) is 3.39. The minimum atomic E-state index is -1.11. The zero-order valence-electron chi connectivity index (χ0n) is 11.4. The Bertz CT molecular complexity index is 557. The smallest absolute Gasteiger partial charge is 0.338 e. The van der Waals surface area contributed by atoms with E-state index in [1.54, 1.807) is 19.1 Å². The number of rotatable bonds is 6. The van der Waals surface area contributed by atoms with Gasteiger partial charge in [-0.1, -0.05) is 12.1 Å². The van der Waals surface area contributed by atoms with Crippen LogP contribution in [-0.2, 0) is 20.7 Å². The van der Waals surface area contributed by atoms with Gasteiger partial charge in [0.2, 0.25) is 0 Å². The number of carbonyl (C=O) groups is 3. The molecule has 1 aromatic rings. The van der Waals surface area contributed by atoms with Crippen molar-refractivity contribution in [2.45, 2.75) is 20.3 Å². The quantitative estimate of drug-likeness (QED) is 0.635. The monoisotopic (exact) mass is 276 g/mol. The molecule has 106 valence electrons. The molecule has 0 radical (unpaired) electrons. The standard InChI is InChI=1S/C15H16O5/c1-3-20-15(19)13-6-4-11(8-10(2)16)9-12(13)5-7-14(17)18/h4-7,9H,3,8H2,1-2H3,(H,17,18)/b7-5+. The number of carboxylic acid groups (broad SMARTS) is 1. The van der Waals surface area contributed by atoms with E-state index in [4.69, 9.17) is 9.84 Å². The fourth-order valence-electron chi connectivity index (χ4n) is 1.70. The molecule has 1 rings (SSSR count). The van der Waals surface area contributed by atoms with Gasteiger partial charge in [-0.05, 0) is 37.1 Å². The average molecular weight is 276 g/mol. The Labute approximate surface area is 116 Å². The van der Waals surface area contributed by atoms with Crippen LogP contribution in [0.5, 0.6) is 0 Å². The van der Waals surface area contributed by atoms with Crippen molar-refractivity contribution in [2.24, 2.45) is 0 Å². The first-order valence-corrected chi connectivity index (χ1v) is 6.14. The number of ketones is 1. The first kappa shape index (κ1) is 15.6. The van der Waals surface area contributed by atoms with Gasteiger partial charge in [-0.2, -0.15) is 0 Å². The Hall–Kier alpha value is -2.43. The summed E-state index contributed by atoms with van der Waals surface area (Å²) in [5, 5.41) is 8.67. The SMILES string of the molecule is CCOC(=O)c1ccc(CC(C)=O)cc1/C=C/C(=O)O. The summed E-state index contributed by atoms with van der Waals surface area (Å²) in [6, 6.07) is 4.82. The van der Waals surface area contributed by atoms with E-state index in [-0.39, 0.29) is 24.4 Å². The molecule has 0 bridgehead atoms. The van der Waals surface area contributed by atoms with Crippen molar-refractivity contribution in [1.29, 1.82) is 0 Å². The highest BCUT2D eigenvalue weighted by Gasteiger charge is 2.12. The molecule has 0 spiro atoms. The van der Waals surface area contributed by atoms with E-state index in [2.05, 4.69) is 0 Å². The minimum Gasteiger partial charge on any atom is -0.478 e. The molecule has 0 heterocycles. The predicted molar refractivity (Wildman–Crippen MR) is 73.5 cm³/mol. The van der Waals surface area contributed by atoms with Crippen molar-refractivity contribution in [3.05, 3.63) is 41.0 Å². The van der Waals surface area contributed by atoms with Gasteiger partial charge in [0.05, 0.1) is 12.2 Å². The molecule has 0 amide bonds. The topological polar surface area (TPSA) is 80.7 Å². The molecular formula is C15H16O5. The summed E-state index contributed by atoms with van der Waals surface area (Å²) in [5.41, 5.74) is 1.41. The van der Waals surface area contributed by atoms with Crippen molar-refractivity contribution >= 4 is 23.8 Å². The fraction of sp³-hybridized carbons (Fsp3) is 0.267. The number of Topliss-reactive ketones (excluding diaryl/α,β-unsaturated/α-hetero) is 1. The summed E-state index contributed by atoms with van der Waals surface area (Å²) in [7, 11) is 0. The van der Waals surface area contributed by atoms with Gasteiger partial charge in [0.25, 0.3) is 0 Å². The van der Waals surface area contributed by atoms with E-state index < -0.39 is 11.9 Å². The lowest BCUT2D eigenvalue weighted by molar-refractivity contribution is -0.131. The lowest BCUT2D eigenvalue weighted by Crippen LogP contribution is -2.08. The normalized spacial score (nSPS) is 10.5. The minimum absolute atomic E-state index is 0.0120. The lowest BCUT2D eigenvalue weighted by Gasteiger charge is -2.07. The second kappa shape index (κ2) is 7.23. The van der Waals surface area contributed by atoms with Crippen molar-refractivity contribution in [3.8, 4) is 0 Å². The molecule has 1 N–H and O–H groups in total. The summed E-state index contributed by atoms with van der Waals surface area (Å²) >= 11 is 0. The van der Waals surface area contributed by atoms with E-state index in [0.29, 0.717) is 5.56 Å². The third kappa shape index (κ3) is 4.68. The maximum Gasteiger partial charge on any atom is 0.338 e. The lowest BCUT2D eigenvalue weighted by atomic mass is 10.0. The van der Waals surface area contributed by atoms with E-state index in [9.17, 15) is 14.4 Å². The van der Waals surface area contributed by atoms with Crippen LogP contribution in [-0.4, -0.2) is 29.4 Å². The number of carboxylic acids is 1. The van der Waals surface area contributed by atoms with Crippen LogP contribution in [0, 0.1) is 0 Å². The molecule has 20 heavy (non-hydrogen) atoms. The van der Waals surface area contributed by atoms with Crippen molar-refractivity contribution in [1.82, 2.24) is 0 Å². The molecule has 0 aromatic heterocycles. The Balaban J connectivity index is 3.18. The van der Waals surface area contributed by atoms with Crippen LogP contribution in [0.3, 0.4) is 0 Å². The fourth-order valence-corrected chi connectivity index (χ4v) is 1.70. The number of carbonyl (C=O) groups excluding carboxylic acids is 2. The van der Waals surface area contributed by atoms with Crippen LogP contribution in [0.4, 0.5) is 0 Å². The van der Waals surface area contributed by atoms with Crippen LogP contribution in [0.25, 0.3) is 6.08 Å². The molecule has 1 aromatic carbocycles. The Kier molecular flexibility index (Phi) is 5.65. The van der Waals surface area contributed by atoms with Gasteiger partial charge in [-0.15, -0.1) is 0 Å². The van der Waals surface area contributed by atoms with Gasteiger partial charge in [-0.25, -0.2) is 9.59 Å². The Morgan fingerprint density at radius 3 is 2.55 bits per heavy atom. The van der Waals surface area contributed by atoms with Crippen molar-refractivity contribution in [3.63, 3.8) is 0 Å². The first-order valence-electron chi connectivity index (χ1n) is 6.14. The number of benzene rings is 1. The average Bonchev–Trinajstić information content (AvgIpc) is 2.36. The Morgan fingerprint density at radius 2 is 2.00 bits per heavy atom. The predicted octanol–water partition coefficient (Wildman–Crippen LogP) is 2.09. The molecule has 0 aliphatic heterocycles. The van der Waals surface area contributed by atoms with E-state index in [1.165, 1.54) is 19.1 Å². The van der Waals surface area contributed by atoms with Gasteiger partial charge >= 0.3 is 11.9 Å². The van der Waals surface area contributed by atoms with Crippen LogP contribution in [0.15, 0.2) is 24.3 Å². The number of hydrogen-bond donors (Lipinski definition) is 1. The van der Waals surface area contributed by atoms with Gasteiger partial charge in [0, 0.05) is 12.5 Å². The summed E-state index contributed by atoms with van der Waals surface area (Å²) < 4.78 is 4.91. The molecule has 0 fully saturated rings. The van der Waals surface area contributed by atoms with E-state index in [0.717, 1.165) is 11.6 Å². The highest BCUT2D eigenvalue weighted by atomic mass is 16.5. The third-order valence-corrected chi connectivity index (χ3v) is 2.47. The van der Waals surface area contributed by atoms with Crippen LogP contribution in [0.1, 0.15) is 35.3 Å². The van der Waals surface area contributed by atoms with E-state index in [1.807, 2.05) is 0 Å². The van der Waals surface area contributed by atoms with Gasteiger partial charge in [0.1, 0.15) is 5.78 Å². The van der Waals surface area contributed by atoms with Crippen molar-refractivity contribution in [2.75, 3.05) is 6.61 Å². The van der Waals surface area contributed by atoms with E-state index >= 15 is 0 Å². The highest BCUT2D eigenvalue weighted by Crippen LogP contribution is 2.16. The van der Waals surface area contributed by atoms with Gasteiger partial charge in [0.15, 0.2) is 0 Å². The zero-order valence-corrected chi connectivity index (χ0v) is 11.4. The first-order chi connectivity index (χ1) is 9.43. The number of hydrogen-bond acceptors (Lipinski definition) is 4. The number of aliphatic carboxylic acids is 1. The van der Waals surface area contributed by atoms with Crippen molar-refractivity contribution < 1.29 is 24.2 Å². The molecule has 0 unspecified atom stereocenters. The summed E-state index contributed by atoms with van der Waals surface area (Å²) in [5.74, 6) is -1.65. The van der Waals surface area contributed by atoms with Gasteiger partial charge in [-0.3, -0.25) is 4.79 Å². The van der Waals surface area contributed by atoms with Crippen LogP contribution < -0.4 is 0 Å². The molecule has 0 aliphatic carbocycles. The summed E-state index contributed by atoms with van der Waals surface area (Å²) in [6.07, 6.45) is 2.49.